The van der Waals surface area contributed by atoms with Gasteiger partial charge in [0.2, 0.25) is 11.8 Å². The maximum Gasteiger partial charge on any atom is 0.248 e. The van der Waals surface area contributed by atoms with Crippen molar-refractivity contribution in [3.63, 3.8) is 0 Å². The first-order valence-corrected chi connectivity index (χ1v) is 7.71. The minimum absolute atomic E-state index is 0.0230. The van der Waals surface area contributed by atoms with Gasteiger partial charge in [-0.25, -0.2) is 0 Å². The fraction of sp³-hybridized carbons (Fsp3) is 0.353. The van der Waals surface area contributed by atoms with Gasteiger partial charge in [0.05, 0.1) is 6.42 Å². The lowest BCUT2D eigenvalue weighted by molar-refractivity contribution is -0.136. The van der Waals surface area contributed by atoms with E-state index in [1.165, 1.54) is 0 Å². The number of aromatic nitrogens is 1. The molecule has 1 saturated heterocycles. The van der Waals surface area contributed by atoms with Crippen LogP contribution < -0.4 is 5.32 Å². The lowest BCUT2D eigenvalue weighted by Crippen LogP contribution is -2.43. The summed E-state index contributed by atoms with van der Waals surface area (Å²) in [6.45, 7) is 2.37. The number of carbonyl (C=O) groups is 2. The van der Waals surface area contributed by atoms with E-state index in [0.717, 1.165) is 12.0 Å². The average molecular weight is 313 g/mol. The summed E-state index contributed by atoms with van der Waals surface area (Å²) in [4.78, 5) is 26.6. The molecule has 6 heteroatoms. The van der Waals surface area contributed by atoms with Crippen LogP contribution in [0.15, 0.2) is 40.9 Å². The van der Waals surface area contributed by atoms with E-state index >= 15 is 0 Å². The Hall–Kier alpha value is -2.63. The third kappa shape index (κ3) is 3.59. The predicted octanol–water partition coefficient (Wildman–Crippen LogP) is 2.16. The maximum atomic E-state index is 12.5. The molecule has 1 aromatic heterocycles. The summed E-state index contributed by atoms with van der Waals surface area (Å²) >= 11 is 0. The number of hydrogen-bond donors (Lipinski definition) is 1. The standard InChI is InChI=1S/C17H19N3O3/c1-12-10-15(19-23-12)18-17(22)14-8-5-9-20(14)16(21)11-13-6-3-2-4-7-13/h2-4,6-7,10,14H,5,8-9,11H2,1H3,(H,18,19,22). The monoisotopic (exact) mass is 313 g/mol. The van der Waals surface area contributed by atoms with Crippen molar-refractivity contribution in [2.45, 2.75) is 32.2 Å². The van der Waals surface area contributed by atoms with E-state index in [1.807, 2.05) is 30.3 Å². The molecule has 23 heavy (non-hydrogen) atoms. The molecule has 1 fully saturated rings. The first-order valence-electron chi connectivity index (χ1n) is 7.71. The molecule has 0 spiro atoms. The second kappa shape index (κ2) is 6.64. The molecule has 1 aliphatic heterocycles. The van der Waals surface area contributed by atoms with E-state index in [-0.39, 0.29) is 11.8 Å². The van der Waals surface area contributed by atoms with Crippen LogP contribution in [-0.4, -0.2) is 34.5 Å². The Balaban J connectivity index is 1.64. The number of amides is 2. The highest BCUT2D eigenvalue weighted by Crippen LogP contribution is 2.20. The number of carbonyl (C=O) groups excluding carboxylic acids is 2. The van der Waals surface area contributed by atoms with Crippen molar-refractivity contribution >= 4 is 17.6 Å². The summed E-state index contributed by atoms with van der Waals surface area (Å²) in [5, 5.41) is 6.47. The summed E-state index contributed by atoms with van der Waals surface area (Å²) < 4.78 is 4.94. The van der Waals surface area contributed by atoms with E-state index in [2.05, 4.69) is 10.5 Å². The molecule has 1 aromatic carbocycles. The lowest BCUT2D eigenvalue weighted by atomic mass is 10.1. The Labute approximate surface area is 134 Å². The first-order chi connectivity index (χ1) is 11.1. The zero-order chi connectivity index (χ0) is 16.2. The molecule has 1 atom stereocenters. The van der Waals surface area contributed by atoms with Crippen LogP contribution in [0, 0.1) is 6.92 Å². The minimum atomic E-state index is -0.441. The Morgan fingerprint density at radius 3 is 2.83 bits per heavy atom. The summed E-state index contributed by atoms with van der Waals surface area (Å²) in [6.07, 6.45) is 1.81. The van der Waals surface area contributed by atoms with Crippen molar-refractivity contribution < 1.29 is 14.1 Å². The van der Waals surface area contributed by atoms with Gasteiger partial charge in [-0.3, -0.25) is 9.59 Å². The van der Waals surface area contributed by atoms with E-state index in [1.54, 1.807) is 17.9 Å². The van der Waals surface area contributed by atoms with Gasteiger partial charge in [-0.1, -0.05) is 35.5 Å². The number of hydrogen-bond acceptors (Lipinski definition) is 4. The number of benzene rings is 1. The van der Waals surface area contributed by atoms with E-state index in [4.69, 9.17) is 4.52 Å². The Bertz CT molecular complexity index is 696. The molecule has 1 unspecified atom stereocenters. The topological polar surface area (TPSA) is 75.4 Å². The van der Waals surface area contributed by atoms with Gasteiger partial charge >= 0.3 is 0 Å². The molecule has 0 bridgehead atoms. The predicted molar refractivity (Wildman–Crippen MR) is 84.8 cm³/mol. The second-order valence-electron chi connectivity index (χ2n) is 5.72. The van der Waals surface area contributed by atoms with Gasteiger partial charge in [0.15, 0.2) is 5.82 Å². The van der Waals surface area contributed by atoms with Crippen molar-refractivity contribution in [3.05, 3.63) is 47.7 Å². The Morgan fingerprint density at radius 2 is 2.13 bits per heavy atom. The smallest absolute Gasteiger partial charge is 0.248 e. The highest BCUT2D eigenvalue weighted by Gasteiger charge is 2.34. The van der Waals surface area contributed by atoms with Gasteiger partial charge < -0.3 is 14.7 Å². The summed E-state index contributed by atoms with van der Waals surface area (Å²) in [5.41, 5.74) is 0.954. The normalized spacial score (nSPS) is 17.3. The molecule has 2 heterocycles. The highest BCUT2D eigenvalue weighted by atomic mass is 16.5. The third-order valence-corrected chi connectivity index (χ3v) is 3.95. The lowest BCUT2D eigenvalue weighted by Gasteiger charge is -2.23. The number of aryl methyl sites for hydroxylation is 1. The van der Waals surface area contributed by atoms with Gasteiger partial charge in [-0.2, -0.15) is 0 Å². The quantitative estimate of drug-likeness (QED) is 0.938. The van der Waals surface area contributed by atoms with Gasteiger partial charge in [0, 0.05) is 12.6 Å². The summed E-state index contributed by atoms with van der Waals surface area (Å²) in [5.74, 6) is 0.779. The molecule has 3 rings (SSSR count). The zero-order valence-corrected chi connectivity index (χ0v) is 13.0. The first kappa shape index (κ1) is 15.3. The van der Waals surface area contributed by atoms with Crippen LogP contribution >= 0.6 is 0 Å². The number of rotatable bonds is 4. The summed E-state index contributed by atoms with van der Waals surface area (Å²) in [6, 6.07) is 10.8. The molecule has 0 radical (unpaired) electrons. The Morgan fingerprint density at radius 1 is 1.35 bits per heavy atom. The van der Waals surface area contributed by atoms with Crippen molar-refractivity contribution in [1.29, 1.82) is 0 Å². The van der Waals surface area contributed by atoms with Crippen molar-refractivity contribution in [2.24, 2.45) is 0 Å². The van der Waals surface area contributed by atoms with Crippen LogP contribution in [0.1, 0.15) is 24.2 Å². The number of nitrogens with one attached hydrogen (secondary N) is 1. The van der Waals surface area contributed by atoms with Gasteiger partial charge in [0.25, 0.3) is 0 Å². The molecule has 1 aliphatic rings. The van der Waals surface area contributed by atoms with Crippen molar-refractivity contribution in [3.8, 4) is 0 Å². The molecule has 120 valence electrons. The van der Waals surface area contributed by atoms with E-state index in [9.17, 15) is 9.59 Å². The Kier molecular flexibility index (Phi) is 4.41. The molecule has 2 aromatic rings. The number of anilines is 1. The van der Waals surface area contributed by atoms with Gasteiger partial charge in [-0.05, 0) is 25.3 Å². The van der Waals surface area contributed by atoms with Gasteiger partial charge in [-0.15, -0.1) is 0 Å². The van der Waals surface area contributed by atoms with Crippen LogP contribution in [0.5, 0.6) is 0 Å². The fourth-order valence-electron chi connectivity index (χ4n) is 2.84. The van der Waals surface area contributed by atoms with Gasteiger partial charge in [0.1, 0.15) is 11.8 Å². The maximum absolute atomic E-state index is 12.5. The van der Waals surface area contributed by atoms with Crippen LogP contribution in [-0.2, 0) is 16.0 Å². The molecule has 6 nitrogen and oxygen atoms in total. The highest BCUT2D eigenvalue weighted by molar-refractivity contribution is 5.97. The molecule has 0 saturated carbocycles. The fourth-order valence-corrected chi connectivity index (χ4v) is 2.84. The van der Waals surface area contributed by atoms with Crippen LogP contribution in [0.3, 0.4) is 0 Å². The van der Waals surface area contributed by atoms with Crippen LogP contribution in [0.25, 0.3) is 0 Å². The SMILES string of the molecule is Cc1cc(NC(=O)C2CCCN2C(=O)Cc2ccccc2)no1. The number of likely N-dealkylation sites (tertiary alicyclic amines) is 1. The third-order valence-electron chi connectivity index (χ3n) is 3.95. The summed E-state index contributed by atoms with van der Waals surface area (Å²) in [7, 11) is 0. The zero-order valence-electron chi connectivity index (χ0n) is 13.0. The second-order valence-corrected chi connectivity index (χ2v) is 5.72. The largest absolute Gasteiger partial charge is 0.360 e. The van der Waals surface area contributed by atoms with Crippen LogP contribution in [0.4, 0.5) is 5.82 Å². The van der Waals surface area contributed by atoms with E-state index < -0.39 is 6.04 Å². The molecular weight excluding hydrogens is 294 g/mol. The van der Waals surface area contributed by atoms with Crippen molar-refractivity contribution in [1.82, 2.24) is 10.1 Å². The van der Waals surface area contributed by atoms with E-state index in [0.29, 0.717) is 31.0 Å². The molecule has 1 N–H and O–H groups in total. The molecule has 2 amide bonds. The average Bonchev–Trinajstić information content (AvgIpc) is 3.17. The number of nitrogens with zero attached hydrogens (tertiary/aromatic N) is 2. The van der Waals surface area contributed by atoms with Crippen molar-refractivity contribution in [2.75, 3.05) is 11.9 Å². The van der Waals surface area contributed by atoms with Crippen LogP contribution in [0.2, 0.25) is 0 Å². The molecular formula is C17H19N3O3. The molecule has 0 aliphatic carbocycles. The minimum Gasteiger partial charge on any atom is -0.360 e.